The van der Waals surface area contributed by atoms with Crippen molar-refractivity contribution in [2.45, 2.75) is 6.18 Å². The highest BCUT2D eigenvalue weighted by Gasteiger charge is 2.33. The van der Waals surface area contributed by atoms with Gasteiger partial charge in [0, 0.05) is 10.0 Å². The van der Waals surface area contributed by atoms with Gasteiger partial charge in [-0.3, -0.25) is 4.79 Å². The lowest BCUT2D eigenvalue weighted by Crippen LogP contribution is -2.08. The molecule has 2 aromatic rings. The van der Waals surface area contributed by atoms with Crippen molar-refractivity contribution < 1.29 is 18.0 Å². The topological polar surface area (TPSA) is 17.1 Å². The Bertz CT molecular complexity index is 576. The van der Waals surface area contributed by atoms with Gasteiger partial charge < -0.3 is 0 Å². The van der Waals surface area contributed by atoms with Gasteiger partial charge in [-0.05, 0) is 29.6 Å². The Morgan fingerprint density at radius 2 is 1.94 bits per heavy atom. The zero-order valence-electron chi connectivity index (χ0n) is 8.79. The molecule has 2 rings (SSSR count). The summed E-state index contributed by atoms with van der Waals surface area (Å²) in [6.45, 7) is 0. The van der Waals surface area contributed by atoms with Gasteiger partial charge in [0.15, 0.2) is 0 Å². The SMILES string of the molecule is O=C(c1ccc(Br)c(C(F)(F)F)c1)c1cccs1. The molecule has 1 aromatic heterocycles. The fourth-order valence-corrected chi connectivity index (χ4v) is 2.59. The molecule has 0 N–H and O–H groups in total. The molecule has 0 bridgehead atoms. The van der Waals surface area contributed by atoms with E-state index in [4.69, 9.17) is 0 Å². The van der Waals surface area contributed by atoms with Crippen molar-refractivity contribution in [2.75, 3.05) is 0 Å². The smallest absolute Gasteiger partial charge is 0.288 e. The lowest BCUT2D eigenvalue weighted by molar-refractivity contribution is -0.138. The van der Waals surface area contributed by atoms with Gasteiger partial charge in [0.1, 0.15) is 0 Å². The van der Waals surface area contributed by atoms with Gasteiger partial charge in [-0.15, -0.1) is 11.3 Å². The Morgan fingerprint density at radius 3 is 2.50 bits per heavy atom. The Labute approximate surface area is 113 Å². The van der Waals surface area contributed by atoms with Crippen molar-refractivity contribution in [1.82, 2.24) is 0 Å². The maximum Gasteiger partial charge on any atom is 0.417 e. The third-order valence-electron chi connectivity index (χ3n) is 2.28. The lowest BCUT2D eigenvalue weighted by atomic mass is 10.1. The monoisotopic (exact) mass is 334 g/mol. The van der Waals surface area contributed by atoms with Crippen molar-refractivity contribution in [1.29, 1.82) is 0 Å². The molecule has 0 aliphatic carbocycles. The van der Waals surface area contributed by atoms with Crippen LogP contribution in [-0.4, -0.2) is 5.78 Å². The zero-order valence-corrected chi connectivity index (χ0v) is 11.2. The summed E-state index contributed by atoms with van der Waals surface area (Å²) in [6.07, 6.45) is -4.48. The van der Waals surface area contributed by atoms with Crippen LogP contribution >= 0.6 is 27.3 Å². The quantitative estimate of drug-likeness (QED) is 0.723. The van der Waals surface area contributed by atoms with Crippen LogP contribution in [0.2, 0.25) is 0 Å². The highest BCUT2D eigenvalue weighted by Crippen LogP contribution is 2.35. The molecule has 6 heteroatoms. The number of rotatable bonds is 2. The van der Waals surface area contributed by atoms with E-state index in [-0.39, 0.29) is 10.0 Å². The van der Waals surface area contributed by atoms with Crippen molar-refractivity contribution in [3.05, 3.63) is 56.2 Å². The third kappa shape index (κ3) is 2.64. The third-order valence-corrected chi connectivity index (χ3v) is 3.84. The van der Waals surface area contributed by atoms with Gasteiger partial charge in [0.25, 0.3) is 0 Å². The number of benzene rings is 1. The number of ketones is 1. The fraction of sp³-hybridized carbons (Fsp3) is 0.0833. The van der Waals surface area contributed by atoms with E-state index in [9.17, 15) is 18.0 Å². The highest BCUT2D eigenvalue weighted by molar-refractivity contribution is 9.10. The molecular weight excluding hydrogens is 329 g/mol. The van der Waals surface area contributed by atoms with Crippen LogP contribution in [0.1, 0.15) is 20.8 Å². The van der Waals surface area contributed by atoms with E-state index < -0.39 is 17.5 Å². The Hall–Kier alpha value is -1.14. The molecule has 18 heavy (non-hydrogen) atoms. The first kappa shape index (κ1) is 13.3. The minimum absolute atomic E-state index is 0.0352. The van der Waals surface area contributed by atoms with E-state index >= 15 is 0 Å². The number of thiophene rings is 1. The second-order valence-electron chi connectivity index (χ2n) is 3.50. The van der Waals surface area contributed by atoms with Gasteiger partial charge in [0.05, 0.1) is 10.4 Å². The number of carbonyl (C=O) groups is 1. The molecule has 0 atom stereocenters. The summed E-state index contributed by atoms with van der Waals surface area (Å²) >= 11 is 4.04. The van der Waals surface area contributed by atoms with Gasteiger partial charge >= 0.3 is 6.18 Å². The van der Waals surface area contributed by atoms with E-state index in [0.717, 1.165) is 6.07 Å². The first-order valence-electron chi connectivity index (χ1n) is 4.84. The van der Waals surface area contributed by atoms with Gasteiger partial charge in [0.2, 0.25) is 5.78 Å². The summed E-state index contributed by atoms with van der Waals surface area (Å²) < 4.78 is 38.0. The number of carbonyl (C=O) groups excluding carboxylic acids is 1. The molecule has 94 valence electrons. The zero-order chi connectivity index (χ0) is 13.3. The first-order chi connectivity index (χ1) is 8.39. The number of alkyl halides is 3. The van der Waals surface area contributed by atoms with E-state index in [0.29, 0.717) is 4.88 Å². The summed E-state index contributed by atoms with van der Waals surface area (Å²) in [6, 6.07) is 6.75. The Morgan fingerprint density at radius 1 is 1.22 bits per heavy atom. The second kappa shape index (κ2) is 4.85. The maximum absolute atomic E-state index is 12.7. The van der Waals surface area contributed by atoms with Gasteiger partial charge in [-0.2, -0.15) is 13.2 Å². The highest BCUT2D eigenvalue weighted by atomic mass is 79.9. The molecule has 0 saturated heterocycles. The predicted molar refractivity (Wildman–Crippen MR) is 66.9 cm³/mol. The number of hydrogen-bond donors (Lipinski definition) is 0. The molecule has 0 aliphatic heterocycles. The lowest BCUT2D eigenvalue weighted by Gasteiger charge is -2.10. The molecule has 0 aliphatic rings. The molecule has 0 amide bonds. The molecule has 0 saturated carbocycles. The standard InChI is InChI=1S/C12H6BrF3OS/c13-9-4-3-7(6-8(9)12(14,15)16)11(17)10-2-1-5-18-10/h1-6H. The molecule has 0 spiro atoms. The number of halogens is 4. The average molecular weight is 335 g/mol. The minimum Gasteiger partial charge on any atom is -0.288 e. The van der Waals surface area contributed by atoms with E-state index in [2.05, 4.69) is 15.9 Å². The number of hydrogen-bond acceptors (Lipinski definition) is 2. The van der Waals surface area contributed by atoms with Gasteiger partial charge in [-0.1, -0.05) is 22.0 Å². The summed E-state index contributed by atoms with van der Waals surface area (Å²) in [7, 11) is 0. The van der Waals surface area contributed by atoms with Gasteiger partial charge in [-0.25, -0.2) is 0 Å². The van der Waals surface area contributed by atoms with E-state index in [1.165, 1.54) is 23.5 Å². The van der Waals surface area contributed by atoms with Crippen molar-refractivity contribution in [2.24, 2.45) is 0 Å². The van der Waals surface area contributed by atoms with Crippen LogP contribution in [0.4, 0.5) is 13.2 Å². The Balaban J connectivity index is 2.45. The van der Waals surface area contributed by atoms with Crippen LogP contribution in [0.25, 0.3) is 0 Å². The maximum atomic E-state index is 12.7. The molecule has 0 radical (unpaired) electrons. The van der Waals surface area contributed by atoms with E-state index in [1.807, 2.05) is 0 Å². The summed E-state index contributed by atoms with van der Waals surface area (Å²) in [5, 5.41) is 1.71. The molecule has 1 heterocycles. The van der Waals surface area contributed by atoms with Crippen LogP contribution in [0.3, 0.4) is 0 Å². The second-order valence-corrected chi connectivity index (χ2v) is 5.30. The van der Waals surface area contributed by atoms with Crippen LogP contribution in [0.5, 0.6) is 0 Å². The summed E-state index contributed by atoms with van der Waals surface area (Å²) in [5.74, 6) is -0.400. The van der Waals surface area contributed by atoms with Crippen LogP contribution < -0.4 is 0 Å². The van der Waals surface area contributed by atoms with Crippen LogP contribution in [0.15, 0.2) is 40.2 Å². The van der Waals surface area contributed by atoms with E-state index in [1.54, 1.807) is 17.5 Å². The molecular formula is C12H6BrF3OS. The Kier molecular flexibility index (Phi) is 3.59. The minimum atomic E-state index is -4.48. The summed E-state index contributed by atoms with van der Waals surface area (Å²) in [5.41, 5.74) is -0.808. The molecule has 1 aromatic carbocycles. The molecule has 0 unspecified atom stereocenters. The summed E-state index contributed by atoms with van der Waals surface area (Å²) in [4.78, 5) is 12.3. The molecule has 1 nitrogen and oxygen atoms in total. The van der Waals surface area contributed by atoms with Crippen molar-refractivity contribution in [3.8, 4) is 0 Å². The predicted octanol–water partition coefficient (Wildman–Crippen LogP) is 4.76. The average Bonchev–Trinajstić information content (AvgIpc) is 2.80. The van der Waals surface area contributed by atoms with Crippen LogP contribution in [0, 0.1) is 0 Å². The fourth-order valence-electron chi connectivity index (χ4n) is 1.43. The molecule has 0 fully saturated rings. The van der Waals surface area contributed by atoms with Crippen LogP contribution in [-0.2, 0) is 6.18 Å². The van der Waals surface area contributed by atoms with Crippen molar-refractivity contribution in [3.63, 3.8) is 0 Å². The normalized spacial score (nSPS) is 11.6. The first-order valence-corrected chi connectivity index (χ1v) is 6.52. The van der Waals surface area contributed by atoms with Crippen molar-refractivity contribution >= 4 is 33.0 Å². The largest absolute Gasteiger partial charge is 0.417 e.